The SMILES string of the molecule is CCOCCCNS(=O)(=O)c1cc(CO)ccc1CC. The molecule has 0 atom stereocenters. The second-order valence-electron chi connectivity index (χ2n) is 4.40. The molecule has 114 valence electrons. The second-order valence-corrected chi connectivity index (χ2v) is 6.14. The highest BCUT2D eigenvalue weighted by molar-refractivity contribution is 7.89. The summed E-state index contributed by atoms with van der Waals surface area (Å²) in [5.74, 6) is 0. The van der Waals surface area contributed by atoms with Gasteiger partial charge in [0, 0.05) is 19.8 Å². The highest BCUT2D eigenvalue weighted by atomic mass is 32.2. The summed E-state index contributed by atoms with van der Waals surface area (Å²) in [5.41, 5.74) is 1.34. The molecule has 0 radical (unpaired) electrons. The van der Waals surface area contributed by atoms with Crippen LogP contribution in [-0.2, 0) is 27.8 Å². The van der Waals surface area contributed by atoms with Crippen molar-refractivity contribution in [2.45, 2.75) is 38.2 Å². The van der Waals surface area contributed by atoms with Crippen LogP contribution in [0.5, 0.6) is 0 Å². The first kappa shape index (κ1) is 17.1. The van der Waals surface area contributed by atoms with E-state index in [4.69, 9.17) is 9.84 Å². The van der Waals surface area contributed by atoms with Crippen molar-refractivity contribution in [2.24, 2.45) is 0 Å². The zero-order valence-electron chi connectivity index (χ0n) is 12.1. The van der Waals surface area contributed by atoms with Gasteiger partial charge in [0.2, 0.25) is 10.0 Å². The Morgan fingerprint density at radius 3 is 2.65 bits per heavy atom. The lowest BCUT2D eigenvalue weighted by Gasteiger charge is -2.12. The third-order valence-electron chi connectivity index (χ3n) is 2.95. The minimum atomic E-state index is -3.54. The topological polar surface area (TPSA) is 75.6 Å². The van der Waals surface area contributed by atoms with Gasteiger partial charge in [0.25, 0.3) is 0 Å². The van der Waals surface area contributed by atoms with E-state index < -0.39 is 10.0 Å². The zero-order chi connectivity index (χ0) is 15.0. The molecule has 0 unspecified atom stereocenters. The molecular weight excluding hydrogens is 278 g/mol. The van der Waals surface area contributed by atoms with Crippen LogP contribution in [0, 0.1) is 0 Å². The van der Waals surface area contributed by atoms with Crippen molar-refractivity contribution < 1.29 is 18.3 Å². The number of rotatable bonds is 9. The summed E-state index contributed by atoms with van der Waals surface area (Å²) in [5, 5.41) is 9.13. The van der Waals surface area contributed by atoms with Crippen LogP contribution in [-0.4, -0.2) is 33.3 Å². The van der Waals surface area contributed by atoms with Crippen LogP contribution in [0.3, 0.4) is 0 Å². The van der Waals surface area contributed by atoms with Crippen LogP contribution in [0.1, 0.15) is 31.4 Å². The first-order valence-corrected chi connectivity index (χ1v) is 8.33. The van der Waals surface area contributed by atoms with Crippen molar-refractivity contribution in [2.75, 3.05) is 19.8 Å². The Kier molecular flexibility index (Phi) is 7.15. The van der Waals surface area contributed by atoms with Gasteiger partial charge in [0.05, 0.1) is 11.5 Å². The maximum atomic E-state index is 12.3. The first-order chi connectivity index (χ1) is 9.55. The Hall–Kier alpha value is -0.950. The third kappa shape index (κ3) is 4.86. The fourth-order valence-corrected chi connectivity index (χ4v) is 3.28. The van der Waals surface area contributed by atoms with Crippen molar-refractivity contribution in [3.63, 3.8) is 0 Å². The summed E-state index contributed by atoms with van der Waals surface area (Å²) in [6.07, 6.45) is 1.26. The number of hydrogen-bond acceptors (Lipinski definition) is 4. The van der Waals surface area contributed by atoms with Crippen LogP contribution in [0.25, 0.3) is 0 Å². The Labute approximate surface area is 121 Å². The number of sulfonamides is 1. The zero-order valence-corrected chi connectivity index (χ0v) is 12.9. The predicted molar refractivity (Wildman–Crippen MR) is 78.0 cm³/mol. The van der Waals surface area contributed by atoms with E-state index in [9.17, 15) is 8.42 Å². The van der Waals surface area contributed by atoms with Crippen molar-refractivity contribution in [1.29, 1.82) is 0 Å². The predicted octanol–water partition coefficient (Wildman–Crippen LogP) is 1.45. The summed E-state index contributed by atoms with van der Waals surface area (Å²) in [7, 11) is -3.54. The molecule has 1 rings (SSSR count). The average Bonchev–Trinajstić information content (AvgIpc) is 2.46. The van der Waals surface area contributed by atoms with Gasteiger partial charge in [0.1, 0.15) is 0 Å². The van der Waals surface area contributed by atoms with Gasteiger partial charge < -0.3 is 9.84 Å². The second kappa shape index (κ2) is 8.36. The number of hydrogen-bond donors (Lipinski definition) is 2. The number of benzene rings is 1. The molecular formula is C14H23NO4S. The molecule has 0 bridgehead atoms. The normalized spacial score (nSPS) is 11.8. The molecule has 0 amide bonds. The molecule has 0 saturated heterocycles. The van der Waals surface area contributed by atoms with Gasteiger partial charge in [-0.1, -0.05) is 19.1 Å². The first-order valence-electron chi connectivity index (χ1n) is 6.85. The lowest BCUT2D eigenvalue weighted by molar-refractivity contribution is 0.146. The minimum Gasteiger partial charge on any atom is -0.392 e. The Balaban J connectivity index is 2.80. The molecule has 20 heavy (non-hydrogen) atoms. The summed E-state index contributed by atoms with van der Waals surface area (Å²) in [6, 6.07) is 5.02. The van der Waals surface area contributed by atoms with Crippen molar-refractivity contribution >= 4 is 10.0 Å². The van der Waals surface area contributed by atoms with E-state index in [0.717, 1.165) is 5.56 Å². The standard InChI is InChI=1S/C14H23NO4S/c1-3-13-7-6-12(11-16)10-14(13)20(17,18)15-8-5-9-19-4-2/h6-7,10,15-16H,3-5,8-9,11H2,1-2H3. The number of aliphatic hydroxyl groups excluding tert-OH is 1. The Morgan fingerprint density at radius 2 is 2.05 bits per heavy atom. The molecule has 6 heteroatoms. The molecule has 1 aromatic carbocycles. The highest BCUT2D eigenvalue weighted by Crippen LogP contribution is 2.18. The van der Waals surface area contributed by atoms with Gasteiger partial charge in [-0.3, -0.25) is 0 Å². The molecule has 0 fully saturated rings. The molecule has 0 aliphatic heterocycles. The maximum absolute atomic E-state index is 12.3. The number of aliphatic hydroxyl groups is 1. The van der Waals surface area contributed by atoms with Crippen LogP contribution in [0.2, 0.25) is 0 Å². The molecule has 0 heterocycles. The average molecular weight is 301 g/mol. The lowest BCUT2D eigenvalue weighted by Crippen LogP contribution is -2.26. The number of nitrogens with one attached hydrogen (secondary N) is 1. The smallest absolute Gasteiger partial charge is 0.240 e. The molecule has 5 nitrogen and oxygen atoms in total. The van der Waals surface area contributed by atoms with Crippen LogP contribution < -0.4 is 4.72 Å². The van der Waals surface area contributed by atoms with Gasteiger partial charge in [-0.2, -0.15) is 0 Å². The van der Waals surface area contributed by atoms with Gasteiger partial charge in [0.15, 0.2) is 0 Å². The molecule has 0 saturated carbocycles. The summed E-state index contributed by atoms with van der Waals surface area (Å²) < 4.78 is 32.3. The van der Waals surface area contributed by atoms with E-state index in [1.807, 2.05) is 13.8 Å². The summed E-state index contributed by atoms with van der Waals surface area (Å²) in [6.45, 7) is 5.15. The monoisotopic (exact) mass is 301 g/mol. The van der Waals surface area contributed by atoms with E-state index in [-0.39, 0.29) is 11.5 Å². The highest BCUT2D eigenvalue weighted by Gasteiger charge is 2.17. The molecule has 2 N–H and O–H groups in total. The Bertz CT molecular complexity index is 514. The van der Waals surface area contributed by atoms with Gasteiger partial charge >= 0.3 is 0 Å². The molecule has 0 aromatic heterocycles. The third-order valence-corrected chi connectivity index (χ3v) is 4.49. The van der Waals surface area contributed by atoms with E-state index >= 15 is 0 Å². The molecule has 0 aliphatic rings. The van der Waals surface area contributed by atoms with Gasteiger partial charge in [-0.05, 0) is 37.0 Å². The minimum absolute atomic E-state index is 0.170. The van der Waals surface area contributed by atoms with Crippen LogP contribution in [0.15, 0.2) is 23.1 Å². The van der Waals surface area contributed by atoms with E-state index in [2.05, 4.69) is 4.72 Å². The molecule has 1 aromatic rings. The van der Waals surface area contributed by atoms with Crippen LogP contribution in [0.4, 0.5) is 0 Å². The Morgan fingerprint density at radius 1 is 1.30 bits per heavy atom. The molecule has 0 spiro atoms. The fraction of sp³-hybridized carbons (Fsp3) is 0.571. The number of ether oxygens (including phenoxy) is 1. The van der Waals surface area contributed by atoms with E-state index in [1.54, 1.807) is 12.1 Å². The van der Waals surface area contributed by atoms with Gasteiger partial charge in [-0.15, -0.1) is 0 Å². The van der Waals surface area contributed by atoms with Crippen molar-refractivity contribution in [3.05, 3.63) is 29.3 Å². The quantitative estimate of drug-likeness (QED) is 0.677. The van der Waals surface area contributed by atoms with E-state index in [1.165, 1.54) is 6.07 Å². The van der Waals surface area contributed by atoms with Crippen LogP contribution >= 0.6 is 0 Å². The van der Waals surface area contributed by atoms with Crippen molar-refractivity contribution in [1.82, 2.24) is 4.72 Å². The number of aryl methyl sites for hydroxylation is 1. The van der Waals surface area contributed by atoms with Crippen molar-refractivity contribution in [3.8, 4) is 0 Å². The largest absolute Gasteiger partial charge is 0.392 e. The van der Waals surface area contributed by atoms with E-state index in [0.29, 0.717) is 38.2 Å². The van der Waals surface area contributed by atoms with Gasteiger partial charge in [-0.25, -0.2) is 13.1 Å². The molecule has 0 aliphatic carbocycles. The summed E-state index contributed by atoms with van der Waals surface area (Å²) >= 11 is 0. The lowest BCUT2D eigenvalue weighted by atomic mass is 10.1. The summed E-state index contributed by atoms with van der Waals surface area (Å²) in [4.78, 5) is 0.253. The maximum Gasteiger partial charge on any atom is 0.240 e. The fourth-order valence-electron chi connectivity index (χ4n) is 1.84.